The van der Waals surface area contributed by atoms with Gasteiger partial charge in [0.1, 0.15) is 11.9 Å². The zero-order valence-electron chi connectivity index (χ0n) is 24.5. The maximum Gasteiger partial charge on any atom is 0.266 e. The number of aromatic amines is 1. The number of aromatic nitrogens is 3. The second-order valence-electron chi connectivity index (χ2n) is 11.6. The van der Waals surface area contributed by atoms with Gasteiger partial charge in [0.25, 0.3) is 11.6 Å². The van der Waals surface area contributed by atoms with Crippen LogP contribution in [0.5, 0.6) is 5.75 Å². The molecular weight excluding hydrogens is 542 g/mol. The number of benzene rings is 2. The number of sulfonamides is 1. The Labute approximate surface area is 241 Å². The van der Waals surface area contributed by atoms with Gasteiger partial charge in [0, 0.05) is 30.0 Å². The number of nitrogens with one attached hydrogen (secondary N) is 4. The van der Waals surface area contributed by atoms with Gasteiger partial charge in [-0.15, -0.1) is 4.68 Å². The fourth-order valence-electron chi connectivity index (χ4n) is 5.20. The lowest BCUT2D eigenvalue weighted by molar-refractivity contribution is -0.659. The van der Waals surface area contributed by atoms with Crippen molar-refractivity contribution in [3.63, 3.8) is 0 Å². The summed E-state index contributed by atoms with van der Waals surface area (Å²) in [6.45, 7) is 8.41. The highest BCUT2D eigenvalue weighted by atomic mass is 32.2. The van der Waals surface area contributed by atoms with Gasteiger partial charge in [0.05, 0.1) is 24.7 Å². The van der Waals surface area contributed by atoms with E-state index in [-0.39, 0.29) is 23.2 Å². The maximum atomic E-state index is 13.5. The molecule has 2 aliphatic rings. The van der Waals surface area contributed by atoms with Gasteiger partial charge in [0.15, 0.2) is 17.6 Å². The number of aryl methyl sites for hydroxylation is 1. The van der Waals surface area contributed by atoms with Crippen LogP contribution in [0.2, 0.25) is 0 Å². The summed E-state index contributed by atoms with van der Waals surface area (Å²) in [5.41, 5.74) is 5.46. The second-order valence-corrected chi connectivity index (χ2v) is 13.3. The Morgan fingerprint density at radius 2 is 1.93 bits per heavy atom. The van der Waals surface area contributed by atoms with E-state index in [9.17, 15) is 13.2 Å². The Morgan fingerprint density at radius 1 is 1.22 bits per heavy atom. The third kappa shape index (κ3) is 5.74. The molecule has 0 saturated heterocycles. The van der Waals surface area contributed by atoms with Gasteiger partial charge in [-0.1, -0.05) is 32.1 Å². The largest absolute Gasteiger partial charge is 0.492 e. The monoisotopic (exact) mass is 580 g/mol. The minimum Gasteiger partial charge on any atom is -0.492 e. The first kappa shape index (κ1) is 28.5. The molecule has 1 aromatic heterocycles. The second kappa shape index (κ2) is 10.4. The van der Waals surface area contributed by atoms with Crippen LogP contribution < -0.4 is 24.8 Å². The van der Waals surface area contributed by atoms with Gasteiger partial charge in [-0.2, -0.15) is 0 Å². The van der Waals surface area contributed by atoms with Gasteiger partial charge >= 0.3 is 0 Å². The minimum atomic E-state index is -3.57. The van der Waals surface area contributed by atoms with Crippen LogP contribution in [0.3, 0.4) is 0 Å². The third-order valence-corrected chi connectivity index (χ3v) is 8.47. The van der Waals surface area contributed by atoms with E-state index in [1.165, 1.54) is 7.11 Å². The Balaban J connectivity index is 1.44. The lowest BCUT2D eigenvalue weighted by Gasteiger charge is -2.26. The molecule has 3 aromatic rings. The molecule has 1 aliphatic carbocycles. The summed E-state index contributed by atoms with van der Waals surface area (Å²) >= 11 is 0. The van der Waals surface area contributed by atoms with Crippen LogP contribution >= 0.6 is 0 Å². The van der Waals surface area contributed by atoms with Crippen LogP contribution in [0.1, 0.15) is 60.8 Å². The van der Waals surface area contributed by atoms with E-state index in [0.29, 0.717) is 22.9 Å². The number of rotatable bonds is 9. The number of methoxy groups -OCH3 is 1. The number of anilines is 2. The van der Waals surface area contributed by atoms with Crippen LogP contribution in [0.15, 0.2) is 42.7 Å². The molecule has 4 N–H and O–H groups in total. The number of carbonyl (C=O) groups excluding carboxylic acids is 1. The van der Waals surface area contributed by atoms with Crippen molar-refractivity contribution in [1.29, 1.82) is 0 Å². The Kier molecular flexibility index (Phi) is 7.22. The van der Waals surface area contributed by atoms with Crippen LogP contribution in [-0.2, 0) is 15.4 Å². The zero-order chi connectivity index (χ0) is 29.7. The third-order valence-electron chi connectivity index (χ3n) is 7.88. The van der Waals surface area contributed by atoms with Gasteiger partial charge in [-0.25, -0.2) is 8.42 Å². The normalized spacial score (nSPS) is 17.7. The van der Waals surface area contributed by atoms with E-state index in [1.807, 2.05) is 38.5 Å². The number of hydrogen-bond acceptors (Lipinski definition) is 7. The molecule has 0 spiro atoms. The summed E-state index contributed by atoms with van der Waals surface area (Å²) in [6.07, 6.45) is 7.12. The Morgan fingerprint density at radius 3 is 2.54 bits per heavy atom. The summed E-state index contributed by atoms with van der Waals surface area (Å²) in [6, 6.07) is 9.08. The first-order chi connectivity index (χ1) is 19.3. The first-order valence-corrected chi connectivity index (χ1v) is 15.5. The van der Waals surface area contributed by atoms with Crippen molar-refractivity contribution in [1.82, 2.24) is 20.5 Å². The average molecular weight is 581 g/mol. The summed E-state index contributed by atoms with van der Waals surface area (Å²) in [7, 11) is -0.0859. The molecule has 2 aromatic carbocycles. The molecule has 1 unspecified atom stereocenters. The van der Waals surface area contributed by atoms with E-state index in [0.717, 1.165) is 47.3 Å². The van der Waals surface area contributed by atoms with E-state index >= 15 is 0 Å². The smallest absolute Gasteiger partial charge is 0.266 e. The standard InChI is InChI=1S/C29H37N7O4S/c1-17(2)27-30-15-25(35(27)5)23-16-36(34-32-23)24-12-19(9-8-18(24)3)28(37)31-21-13-20(29(4)10-11-29)14-22(26(21)40-6)33-41(7,38)39/h8-9,12-17,27,30,33H,10-11H2,1-7H3,(H,31,37)/p+1. The molecule has 41 heavy (non-hydrogen) atoms. The number of hydrogen-bond donors (Lipinski definition) is 4. The lowest BCUT2D eigenvalue weighted by Crippen LogP contribution is -2.38. The quantitative estimate of drug-likeness (QED) is 0.285. The van der Waals surface area contributed by atoms with Crippen LogP contribution in [-0.4, -0.2) is 56.1 Å². The van der Waals surface area contributed by atoms with Gasteiger partial charge in [-0.3, -0.25) is 9.52 Å². The molecule has 12 heteroatoms. The molecule has 1 fully saturated rings. The summed E-state index contributed by atoms with van der Waals surface area (Å²) < 4.78 is 34.1. The molecule has 0 radical (unpaired) electrons. The van der Waals surface area contributed by atoms with Crippen molar-refractivity contribution in [2.75, 3.05) is 30.5 Å². The van der Waals surface area contributed by atoms with Gasteiger partial charge in [0.2, 0.25) is 10.0 Å². The SMILES string of the molecule is COc1c(NC(=O)c2ccc(C)c(-[n+]3cc(C4=CNC(C(C)C)N4C)n[nH]3)c2)cc(C2(C)CC2)cc1NS(C)(=O)=O. The molecule has 218 valence electrons. The van der Waals surface area contributed by atoms with Crippen molar-refractivity contribution < 1.29 is 22.6 Å². The number of nitrogens with zero attached hydrogens (tertiary/aromatic N) is 3. The molecule has 1 aliphatic heterocycles. The van der Waals surface area contributed by atoms with Gasteiger partial charge in [-0.05, 0) is 60.4 Å². The molecule has 1 amide bonds. The molecule has 11 nitrogen and oxygen atoms in total. The van der Waals surface area contributed by atoms with Crippen molar-refractivity contribution in [2.24, 2.45) is 5.92 Å². The highest BCUT2D eigenvalue weighted by molar-refractivity contribution is 7.92. The summed E-state index contributed by atoms with van der Waals surface area (Å²) in [5, 5.41) is 13.9. The number of amides is 1. The number of H-pyrrole nitrogens is 1. The van der Waals surface area contributed by atoms with Crippen molar-refractivity contribution in [2.45, 2.75) is 52.1 Å². The van der Waals surface area contributed by atoms with E-state index in [1.54, 1.807) is 22.9 Å². The molecule has 1 saturated carbocycles. The Hall–Kier alpha value is -4.06. The maximum absolute atomic E-state index is 13.5. The van der Waals surface area contributed by atoms with Crippen molar-refractivity contribution in [3.8, 4) is 11.4 Å². The van der Waals surface area contributed by atoms with E-state index < -0.39 is 10.0 Å². The molecule has 1 atom stereocenters. The molecule has 0 bridgehead atoms. The molecule has 5 rings (SSSR count). The van der Waals surface area contributed by atoms with Crippen LogP contribution in [0, 0.1) is 12.8 Å². The van der Waals surface area contributed by atoms with E-state index in [4.69, 9.17) is 4.74 Å². The Bertz CT molecular complexity index is 1640. The van der Waals surface area contributed by atoms with Crippen molar-refractivity contribution in [3.05, 3.63) is 65.1 Å². The van der Waals surface area contributed by atoms with E-state index in [2.05, 4.69) is 51.3 Å². The minimum absolute atomic E-state index is 0.0702. The highest BCUT2D eigenvalue weighted by Crippen LogP contribution is 2.50. The summed E-state index contributed by atoms with van der Waals surface area (Å²) in [5.74, 6) is 0.316. The zero-order valence-corrected chi connectivity index (χ0v) is 25.3. The lowest BCUT2D eigenvalue weighted by atomic mass is 9.96. The van der Waals surface area contributed by atoms with Crippen LogP contribution in [0.25, 0.3) is 11.4 Å². The first-order valence-electron chi connectivity index (χ1n) is 13.6. The average Bonchev–Trinajstić information content (AvgIpc) is 3.28. The molecule has 2 heterocycles. The highest BCUT2D eigenvalue weighted by Gasteiger charge is 2.40. The fraction of sp³-hybridized carbons (Fsp3) is 0.414. The van der Waals surface area contributed by atoms with Crippen molar-refractivity contribution >= 4 is 33.0 Å². The predicted molar refractivity (Wildman–Crippen MR) is 158 cm³/mol. The summed E-state index contributed by atoms with van der Waals surface area (Å²) in [4.78, 5) is 15.7. The number of ether oxygens (including phenoxy) is 1. The predicted octanol–water partition coefficient (Wildman–Crippen LogP) is 3.49. The number of carbonyl (C=O) groups is 1. The topological polar surface area (TPSA) is 132 Å². The molecular formula is C29H38N7O4S+. The fourth-order valence-corrected chi connectivity index (χ4v) is 5.75. The van der Waals surface area contributed by atoms with Gasteiger partial charge < -0.3 is 20.3 Å². The van der Waals surface area contributed by atoms with Crippen LogP contribution in [0.4, 0.5) is 11.4 Å².